The molecule has 4 atom stereocenters. The number of rotatable bonds is 7. The van der Waals surface area contributed by atoms with Crippen LogP contribution in [0, 0.1) is 0 Å². The molecule has 0 saturated carbocycles. The first-order valence-corrected chi connectivity index (χ1v) is 7.74. The Hall–Kier alpha value is -0.790. The molecule has 7 heteroatoms. The van der Waals surface area contributed by atoms with Crippen molar-refractivity contribution in [2.45, 2.75) is 57.4 Å². The number of carbonyl (C=O) groups excluding carboxylic acids is 2. The summed E-state index contributed by atoms with van der Waals surface area (Å²) >= 11 is 1.67. The number of aliphatic hydroxyl groups is 1. The number of thioether (sulfide) groups is 1. The monoisotopic (exact) mass is 306 g/mol. The van der Waals surface area contributed by atoms with E-state index in [0.29, 0.717) is 6.42 Å². The minimum absolute atomic E-state index is 0.0184. The average Bonchev–Trinajstić information content (AvgIpc) is 2.72. The van der Waals surface area contributed by atoms with Crippen molar-refractivity contribution in [2.24, 2.45) is 0 Å². The molecule has 0 radical (unpaired) electrons. The lowest BCUT2D eigenvalue weighted by molar-refractivity contribution is -0.174. The zero-order valence-corrected chi connectivity index (χ0v) is 12.9. The Morgan fingerprint density at radius 3 is 2.65 bits per heavy atom. The molecule has 1 saturated heterocycles. The Balaban J connectivity index is 2.69. The minimum Gasteiger partial charge on any atom is -0.462 e. The van der Waals surface area contributed by atoms with Crippen LogP contribution < -0.4 is 0 Å². The summed E-state index contributed by atoms with van der Waals surface area (Å²) in [6, 6.07) is 0. The van der Waals surface area contributed by atoms with Crippen molar-refractivity contribution in [1.82, 2.24) is 0 Å². The predicted octanol–water partition coefficient (Wildman–Crippen LogP) is 1.10. The van der Waals surface area contributed by atoms with Gasteiger partial charge in [0.15, 0.2) is 12.4 Å². The van der Waals surface area contributed by atoms with Gasteiger partial charge in [-0.15, -0.1) is 0 Å². The fraction of sp³-hybridized carbons (Fsp3) is 0.846. The first-order valence-electron chi connectivity index (χ1n) is 6.69. The number of carbonyl (C=O) groups is 2. The summed E-state index contributed by atoms with van der Waals surface area (Å²) in [5, 5.41) is 9.66. The van der Waals surface area contributed by atoms with Crippen LogP contribution in [0.1, 0.15) is 33.6 Å². The average molecular weight is 306 g/mol. The van der Waals surface area contributed by atoms with Gasteiger partial charge in [-0.05, 0) is 12.2 Å². The van der Waals surface area contributed by atoms with Crippen molar-refractivity contribution in [3.63, 3.8) is 0 Å². The van der Waals surface area contributed by atoms with Gasteiger partial charge < -0.3 is 19.3 Å². The van der Waals surface area contributed by atoms with Crippen molar-refractivity contribution >= 4 is 23.7 Å². The van der Waals surface area contributed by atoms with E-state index in [0.717, 1.165) is 12.2 Å². The first-order chi connectivity index (χ1) is 9.43. The largest absolute Gasteiger partial charge is 0.462 e. The maximum Gasteiger partial charge on any atom is 0.303 e. The molecule has 0 spiro atoms. The maximum absolute atomic E-state index is 11.2. The molecule has 0 aromatic heterocycles. The molecule has 1 unspecified atom stereocenters. The van der Waals surface area contributed by atoms with Crippen LogP contribution >= 0.6 is 11.8 Å². The van der Waals surface area contributed by atoms with Crippen LogP contribution in [-0.4, -0.2) is 53.2 Å². The molecule has 0 amide bonds. The molecule has 1 heterocycles. The molecular weight excluding hydrogens is 284 g/mol. The van der Waals surface area contributed by atoms with E-state index < -0.39 is 30.4 Å². The third-order valence-electron chi connectivity index (χ3n) is 2.79. The van der Waals surface area contributed by atoms with Crippen LogP contribution in [0.2, 0.25) is 0 Å². The second kappa shape index (κ2) is 8.49. The van der Waals surface area contributed by atoms with Crippen molar-refractivity contribution in [3.05, 3.63) is 0 Å². The van der Waals surface area contributed by atoms with Crippen molar-refractivity contribution in [1.29, 1.82) is 0 Å². The summed E-state index contributed by atoms with van der Waals surface area (Å²) in [5.41, 5.74) is 0. The molecular formula is C13H22O6S. The fourth-order valence-corrected chi connectivity index (χ4v) is 3.29. The van der Waals surface area contributed by atoms with E-state index in [1.165, 1.54) is 13.8 Å². The van der Waals surface area contributed by atoms with Crippen molar-refractivity contribution < 1.29 is 28.9 Å². The van der Waals surface area contributed by atoms with Gasteiger partial charge in [0.25, 0.3) is 0 Å². The second-order valence-corrected chi connectivity index (χ2v) is 6.00. The smallest absolute Gasteiger partial charge is 0.303 e. The molecule has 6 nitrogen and oxygen atoms in total. The molecule has 0 aromatic carbocycles. The minimum atomic E-state index is -0.871. The molecule has 1 aliphatic rings. The zero-order chi connectivity index (χ0) is 15.1. The Morgan fingerprint density at radius 1 is 1.40 bits per heavy atom. The summed E-state index contributed by atoms with van der Waals surface area (Å²) in [5.74, 6) is 0.0160. The maximum atomic E-state index is 11.2. The van der Waals surface area contributed by atoms with Gasteiger partial charge in [0.1, 0.15) is 12.7 Å². The molecule has 0 aliphatic carbocycles. The Kier molecular flexibility index (Phi) is 7.32. The molecule has 116 valence electrons. The quantitative estimate of drug-likeness (QED) is 0.705. The highest BCUT2D eigenvalue weighted by molar-refractivity contribution is 7.99. The second-order valence-electron chi connectivity index (χ2n) is 4.65. The van der Waals surface area contributed by atoms with Gasteiger partial charge in [-0.25, -0.2) is 0 Å². The van der Waals surface area contributed by atoms with Crippen LogP contribution in [0.15, 0.2) is 0 Å². The summed E-state index contributed by atoms with van der Waals surface area (Å²) in [6.07, 6.45) is -0.545. The molecule has 20 heavy (non-hydrogen) atoms. The van der Waals surface area contributed by atoms with Crippen LogP contribution in [-0.2, 0) is 23.8 Å². The van der Waals surface area contributed by atoms with E-state index in [4.69, 9.17) is 14.2 Å². The summed E-state index contributed by atoms with van der Waals surface area (Å²) in [7, 11) is 0. The van der Waals surface area contributed by atoms with Crippen molar-refractivity contribution in [3.8, 4) is 0 Å². The Bertz CT molecular complexity index is 335. The third-order valence-corrected chi connectivity index (χ3v) is 4.32. The first kappa shape index (κ1) is 17.3. The van der Waals surface area contributed by atoms with E-state index in [1.54, 1.807) is 11.8 Å². The van der Waals surface area contributed by atoms with E-state index in [-0.39, 0.29) is 11.9 Å². The van der Waals surface area contributed by atoms with Crippen LogP contribution in [0.25, 0.3) is 0 Å². The summed E-state index contributed by atoms with van der Waals surface area (Å²) in [4.78, 5) is 22.1. The van der Waals surface area contributed by atoms with Crippen molar-refractivity contribution in [2.75, 3.05) is 12.4 Å². The van der Waals surface area contributed by atoms with Gasteiger partial charge in [0, 0.05) is 25.5 Å². The molecule has 1 N–H and O–H groups in total. The summed E-state index contributed by atoms with van der Waals surface area (Å²) in [6.45, 7) is 4.59. The molecule has 1 fully saturated rings. The van der Waals surface area contributed by atoms with Crippen LogP contribution in [0.5, 0.6) is 0 Å². The predicted molar refractivity (Wildman–Crippen MR) is 74.2 cm³/mol. The van der Waals surface area contributed by atoms with Gasteiger partial charge in [-0.2, -0.15) is 11.8 Å². The van der Waals surface area contributed by atoms with Gasteiger partial charge >= 0.3 is 11.9 Å². The lowest BCUT2D eigenvalue weighted by atomic mass is 10.1. The highest BCUT2D eigenvalue weighted by Crippen LogP contribution is 2.33. The Morgan fingerprint density at radius 2 is 2.10 bits per heavy atom. The lowest BCUT2D eigenvalue weighted by Gasteiger charge is -2.26. The van der Waals surface area contributed by atoms with E-state index in [9.17, 15) is 14.7 Å². The Labute approximate surface area is 123 Å². The number of hydrogen-bond donors (Lipinski definition) is 1. The van der Waals surface area contributed by atoms with Gasteiger partial charge in [0.2, 0.25) is 0 Å². The number of esters is 2. The fourth-order valence-electron chi connectivity index (χ4n) is 2.03. The summed E-state index contributed by atoms with van der Waals surface area (Å²) < 4.78 is 15.5. The topological polar surface area (TPSA) is 82.1 Å². The third kappa shape index (κ3) is 5.68. The standard InChI is InChI=1S/C13H22O6S/c1-4-5-20-11-6-12(16)19-13(11)10(18-9(3)15)7-17-8(2)14/h10-13,16H,4-7H2,1-3H3/t10-,11-,12?,13-/m1/s1. The highest BCUT2D eigenvalue weighted by Gasteiger charge is 2.41. The number of ether oxygens (including phenoxy) is 3. The SMILES string of the molecule is CCCS[C@@H]1CC(O)O[C@@H]1[C@@H](COC(C)=O)OC(C)=O. The molecule has 0 aromatic rings. The van der Waals surface area contributed by atoms with E-state index >= 15 is 0 Å². The van der Waals surface area contributed by atoms with Gasteiger partial charge in [-0.3, -0.25) is 9.59 Å². The number of hydrogen-bond acceptors (Lipinski definition) is 7. The molecule has 1 aliphatic heterocycles. The van der Waals surface area contributed by atoms with Crippen LogP contribution in [0.3, 0.4) is 0 Å². The van der Waals surface area contributed by atoms with E-state index in [2.05, 4.69) is 6.92 Å². The van der Waals surface area contributed by atoms with Crippen LogP contribution in [0.4, 0.5) is 0 Å². The van der Waals surface area contributed by atoms with Gasteiger partial charge in [0.05, 0.1) is 0 Å². The molecule has 1 rings (SSSR count). The van der Waals surface area contributed by atoms with Gasteiger partial charge in [-0.1, -0.05) is 6.92 Å². The number of aliphatic hydroxyl groups excluding tert-OH is 1. The normalized spacial score (nSPS) is 27.1. The lowest BCUT2D eigenvalue weighted by Crippen LogP contribution is -2.40. The molecule has 0 bridgehead atoms. The van der Waals surface area contributed by atoms with E-state index in [1.807, 2.05) is 0 Å². The highest BCUT2D eigenvalue weighted by atomic mass is 32.2. The zero-order valence-electron chi connectivity index (χ0n) is 12.0.